The van der Waals surface area contributed by atoms with Gasteiger partial charge in [-0.1, -0.05) is 6.92 Å². The topological polar surface area (TPSA) is 92.3 Å². The number of rotatable bonds is 3. The molecule has 2 atom stereocenters. The van der Waals surface area contributed by atoms with Crippen LogP contribution in [0.1, 0.15) is 18.9 Å². The highest BCUT2D eigenvalue weighted by atomic mass is 16.6. The predicted octanol–water partition coefficient (Wildman–Crippen LogP) is 2.88. The average Bonchev–Trinajstić information content (AvgIpc) is 2.60. The normalized spacial score (nSPS) is 20.8. The first kappa shape index (κ1) is 16.1. The van der Waals surface area contributed by atoms with Crippen LogP contribution in [0.25, 0.3) is 10.9 Å². The number of hydrogen-bond acceptors (Lipinski definition) is 6. The van der Waals surface area contributed by atoms with Crippen molar-refractivity contribution in [1.29, 1.82) is 5.26 Å². The van der Waals surface area contributed by atoms with Crippen LogP contribution in [0.2, 0.25) is 0 Å². The number of ether oxygens (including phenoxy) is 1. The number of benzene rings is 1. The van der Waals surface area contributed by atoms with E-state index in [9.17, 15) is 15.4 Å². The Morgan fingerprint density at radius 1 is 1.46 bits per heavy atom. The number of nitriles is 1. The molecule has 0 saturated carbocycles. The molecule has 0 amide bonds. The van der Waals surface area contributed by atoms with E-state index in [0.717, 1.165) is 13.0 Å². The van der Waals surface area contributed by atoms with Crippen LogP contribution in [0.15, 0.2) is 24.3 Å². The summed E-state index contributed by atoms with van der Waals surface area (Å²) in [7, 11) is 1.71. The smallest absolute Gasteiger partial charge is 0.270 e. The average molecular weight is 326 g/mol. The van der Waals surface area contributed by atoms with Gasteiger partial charge in [-0.2, -0.15) is 5.26 Å². The summed E-state index contributed by atoms with van der Waals surface area (Å²) in [5.41, 5.74) is 0.938. The third-order valence-electron chi connectivity index (χ3n) is 4.63. The van der Waals surface area contributed by atoms with Crippen molar-refractivity contribution in [2.24, 2.45) is 5.92 Å². The van der Waals surface area contributed by atoms with Gasteiger partial charge in [0.05, 0.1) is 28.2 Å². The van der Waals surface area contributed by atoms with Crippen molar-refractivity contribution in [3.63, 3.8) is 0 Å². The van der Waals surface area contributed by atoms with Gasteiger partial charge in [0.25, 0.3) is 5.69 Å². The first-order chi connectivity index (χ1) is 11.5. The Labute approximate surface area is 139 Å². The van der Waals surface area contributed by atoms with Gasteiger partial charge in [-0.25, -0.2) is 4.98 Å². The molecule has 0 aliphatic carbocycles. The molecular formula is C17H18N4O3. The van der Waals surface area contributed by atoms with Crippen LogP contribution in [0.4, 0.5) is 11.5 Å². The van der Waals surface area contributed by atoms with Gasteiger partial charge in [-0.15, -0.1) is 0 Å². The standard InChI is InChI=1S/C17H18N4O3/c1-11-5-6-20(10-16(11)24-2)17-7-12(9-18)14-8-13(21(22)23)3-4-15(14)19-17/h3-4,7-8,11,16H,5-6,10H2,1-2H3. The SMILES string of the molecule is COC1CN(c2cc(C#N)c3cc([N+](=O)[O-])ccc3n2)CCC1C. The van der Waals surface area contributed by atoms with Gasteiger partial charge in [0.1, 0.15) is 5.82 Å². The summed E-state index contributed by atoms with van der Waals surface area (Å²) in [5, 5.41) is 20.9. The van der Waals surface area contributed by atoms with Crippen molar-refractivity contribution in [2.75, 3.05) is 25.1 Å². The number of anilines is 1. The Morgan fingerprint density at radius 3 is 2.92 bits per heavy atom. The van der Waals surface area contributed by atoms with Crippen molar-refractivity contribution < 1.29 is 9.66 Å². The number of aromatic nitrogens is 1. The third-order valence-corrected chi connectivity index (χ3v) is 4.63. The van der Waals surface area contributed by atoms with E-state index in [1.807, 2.05) is 0 Å². The molecule has 1 saturated heterocycles. The second kappa shape index (κ2) is 6.42. The number of nitro benzene ring substituents is 1. The molecule has 7 heteroatoms. The Hall–Kier alpha value is -2.72. The van der Waals surface area contributed by atoms with Gasteiger partial charge >= 0.3 is 0 Å². The summed E-state index contributed by atoms with van der Waals surface area (Å²) in [5.74, 6) is 1.19. The van der Waals surface area contributed by atoms with Crippen LogP contribution < -0.4 is 4.90 Å². The summed E-state index contributed by atoms with van der Waals surface area (Å²) < 4.78 is 5.53. The Balaban J connectivity index is 2.03. The molecule has 2 aromatic rings. The number of methoxy groups -OCH3 is 1. The van der Waals surface area contributed by atoms with E-state index in [2.05, 4.69) is 22.9 Å². The van der Waals surface area contributed by atoms with E-state index in [0.29, 0.717) is 34.7 Å². The monoisotopic (exact) mass is 326 g/mol. The second-order valence-corrected chi connectivity index (χ2v) is 6.08. The second-order valence-electron chi connectivity index (χ2n) is 6.08. The summed E-state index contributed by atoms with van der Waals surface area (Å²) in [6.45, 7) is 3.73. The molecule has 0 bridgehead atoms. The minimum Gasteiger partial charge on any atom is -0.379 e. The maximum absolute atomic E-state index is 10.9. The zero-order chi connectivity index (χ0) is 17.3. The highest BCUT2D eigenvalue weighted by molar-refractivity contribution is 5.88. The van der Waals surface area contributed by atoms with E-state index in [1.54, 1.807) is 19.2 Å². The van der Waals surface area contributed by atoms with Crippen LogP contribution in [0, 0.1) is 27.4 Å². The molecule has 0 spiro atoms. The van der Waals surface area contributed by atoms with Gasteiger partial charge < -0.3 is 9.64 Å². The quantitative estimate of drug-likeness (QED) is 0.636. The van der Waals surface area contributed by atoms with Crippen molar-refractivity contribution in [3.8, 4) is 6.07 Å². The zero-order valence-electron chi connectivity index (χ0n) is 13.6. The van der Waals surface area contributed by atoms with Gasteiger partial charge in [-0.05, 0) is 24.5 Å². The number of piperidine rings is 1. The van der Waals surface area contributed by atoms with Gasteiger partial charge in [0.15, 0.2) is 0 Å². The fourth-order valence-corrected chi connectivity index (χ4v) is 3.12. The lowest BCUT2D eigenvalue weighted by molar-refractivity contribution is -0.384. The summed E-state index contributed by atoms with van der Waals surface area (Å²) in [4.78, 5) is 17.2. The molecule has 24 heavy (non-hydrogen) atoms. The maximum atomic E-state index is 10.9. The Morgan fingerprint density at radius 2 is 2.25 bits per heavy atom. The molecule has 1 aromatic carbocycles. The van der Waals surface area contributed by atoms with Gasteiger partial charge in [-0.3, -0.25) is 10.1 Å². The Kier molecular flexibility index (Phi) is 4.32. The van der Waals surface area contributed by atoms with E-state index in [1.165, 1.54) is 12.1 Å². The lowest BCUT2D eigenvalue weighted by Gasteiger charge is -2.37. The van der Waals surface area contributed by atoms with Crippen molar-refractivity contribution in [1.82, 2.24) is 4.98 Å². The van der Waals surface area contributed by atoms with E-state index in [-0.39, 0.29) is 11.8 Å². The minimum absolute atomic E-state index is 0.0419. The lowest BCUT2D eigenvalue weighted by atomic mass is 9.95. The number of hydrogen-bond donors (Lipinski definition) is 0. The molecular weight excluding hydrogens is 308 g/mol. The molecule has 2 unspecified atom stereocenters. The van der Waals surface area contributed by atoms with Gasteiger partial charge in [0, 0.05) is 37.7 Å². The molecule has 124 valence electrons. The number of pyridine rings is 1. The Bertz CT molecular complexity index is 830. The van der Waals surface area contributed by atoms with Crippen molar-refractivity contribution in [2.45, 2.75) is 19.4 Å². The number of non-ortho nitro benzene ring substituents is 1. The molecule has 1 fully saturated rings. The third kappa shape index (κ3) is 2.88. The van der Waals surface area contributed by atoms with Crippen LogP contribution in [-0.2, 0) is 4.74 Å². The molecule has 2 heterocycles. The first-order valence-electron chi connectivity index (χ1n) is 7.80. The van der Waals surface area contributed by atoms with Crippen LogP contribution in [0.5, 0.6) is 0 Å². The minimum atomic E-state index is -0.469. The van der Waals surface area contributed by atoms with Crippen molar-refractivity contribution >= 4 is 22.4 Å². The summed E-state index contributed by atoms with van der Waals surface area (Å²) >= 11 is 0. The van der Waals surface area contributed by atoms with Crippen LogP contribution >= 0.6 is 0 Å². The van der Waals surface area contributed by atoms with Gasteiger partial charge in [0.2, 0.25) is 0 Å². The highest BCUT2D eigenvalue weighted by Crippen LogP contribution is 2.29. The van der Waals surface area contributed by atoms with E-state index in [4.69, 9.17) is 4.74 Å². The van der Waals surface area contributed by atoms with Crippen LogP contribution in [0.3, 0.4) is 0 Å². The lowest BCUT2D eigenvalue weighted by Crippen LogP contribution is -2.44. The fourth-order valence-electron chi connectivity index (χ4n) is 3.12. The zero-order valence-corrected chi connectivity index (χ0v) is 13.6. The first-order valence-corrected chi connectivity index (χ1v) is 7.80. The predicted molar refractivity (Wildman–Crippen MR) is 89.9 cm³/mol. The van der Waals surface area contributed by atoms with E-state index >= 15 is 0 Å². The van der Waals surface area contributed by atoms with E-state index < -0.39 is 4.92 Å². The molecule has 0 N–H and O–H groups in total. The molecule has 3 rings (SSSR count). The highest BCUT2D eigenvalue weighted by Gasteiger charge is 2.27. The molecule has 0 radical (unpaired) electrons. The molecule has 1 aromatic heterocycles. The number of fused-ring (bicyclic) bond motifs is 1. The fraction of sp³-hybridized carbons (Fsp3) is 0.412. The summed E-state index contributed by atoms with van der Waals surface area (Å²) in [6, 6.07) is 8.24. The number of nitrogens with zero attached hydrogens (tertiary/aromatic N) is 4. The largest absolute Gasteiger partial charge is 0.379 e. The van der Waals surface area contributed by atoms with Crippen molar-refractivity contribution in [3.05, 3.63) is 39.9 Å². The molecule has 7 nitrogen and oxygen atoms in total. The number of nitro groups is 1. The maximum Gasteiger partial charge on any atom is 0.270 e. The molecule has 1 aliphatic rings. The summed E-state index contributed by atoms with van der Waals surface area (Å²) in [6.07, 6.45) is 1.11. The molecule has 1 aliphatic heterocycles. The van der Waals surface area contributed by atoms with Crippen LogP contribution in [-0.4, -0.2) is 36.2 Å².